The summed E-state index contributed by atoms with van der Waals surface area (Å²) in [6, 6.07) is 0.853. The zero-order chi connectivity index (χ0) is 14.0. The third-order valence-electron chi connectivity index (χ3n) is 3.34. The number of nitrogens with zero attached hydrogens (tertiary/aromatic N) is 1. The van der Waals surface area contributed by atoms with Crippen molar-refractivity contribution in [3.8, 4) is 0 Å². The molecule has 0 unspecified atom stereocenters. The third-order valence-corrected chi connectivity index (χ3v) is 3.34. The van der Waals surface area contributed by atoms with Crippen molar-refractivity contribution in [3.63, 3.8) is 0 Å². The average molecular weight is 273 g/mol. The summed E-state index contributed by atoms with van der Waals surface area (Å²) >= 11 is 0. The molecule has 1 fully saturated rings. The van der Waals surface area contributed by atoms with E-state index >= 15 is 0 Å². The van der Waals surface area contributed by atoms with Gasteiger partial charge in [0.15, 0.2) is 0 Å². The molecule has 104 valence electrons. The Morgan fingerprint density at radius 3 is 2.26 bits per heavy atom. The Balaban J connectivity index is 2.31. The van der Waals surface area contributed by atoms with E-state index in [4.69, 9.17) is 5.11 Å². The lowest BCUT2D eigenvalue weighted by Crippen LogP contribution is -2.46. The lowest BCUT2D eigenvalue weighted by molar-refractivity contribution is 0.0516. The van der Waals surface area contributed by atoms with Gasteiger partial charge in [-0.25, -0.2) is 13.2 Å². The molecule has 3 nitrogen and oxygen atoms in total. The van der Waals surface area contributed by atoms with E-state index in [0.717, 1.165) is 19.3 Å². The molecule has 1 aromatic rings. The maximum Gasteiger partial charge on any atom is 0.260 e. The molecule has 0 bridgehead atoms. The largest absolute Gasteiger partial charge is 0.395 e. The van der Waals surface area contributed by atoms with Crippen LogP contribution in [0, 0.1) is 17.5 Å². The van der Waals surface area contributed by atoms with Crippen LogP contribution in [0.15, 0.2) is 12.1 Å². The fourth-order valence-corrected chi connectivity index (χ4v) is 2.15. The highest BCUT2D eigenvalue weighted by Crippen LogP contribution is 2.27. The van der Waals surface area contributed by atoms with Crippen LogP contribution >= 0.6 is 0 Å². The quantitative estimate of drug-likeness (QED) is 0.912. The molecule has 0 radical (unpaired) electrons. The van der Waals surface area contributed by atoms with Crippen LogP contribution in [0.1, 0.15) is 29.6 Å². The van der Waals surface area contributed by atoms with Crippen molar-refractivity contribution in [2.24, 2.45) is 0 Å². The number of rotatable bonds is 4. The summed E-state index contributed by atoms with van der Waals surface area (Å²) in [5.74, 6) is -4.34. The van der Waals surface area contributed by atoms with Gasteiger partial charge in [-0.2, -0.15) is 0 Å². The van der Waals surface area contributed by atoms with Crippen LogP contribution in [-0.2, 0) is 0 Å². The number of carbonyl (C=O) groups excluding carboxylic acids is 1. The Kier molecular flexibility index (Phi) is 4.09. The maximum atomic E-state index is 13.6. The number of carbonyl (C=O) groups is 1. The van der Waals surface area contributed by atoms with Crippen LogP contribution in [0.4, 0.5) is 13.2 Å². The maximum absolute atomic E-state index is 13.6. The number of aliphatic hydroxyl groups is 1. The van der Waals surface area contributed by atoms with Crippen LogP contribution in [0.25, 0.3) is 0 Å². The zero-order valence-electron chi connectivity index (χ0n) is 10.2. The lowest BCUT2D eigenvalue weighted by Gasteiger charge is -2.37. The number of amides is 1. The van der Waals surface area contributed by atoms with Gasteiger partial charge in [0.25, 0.3) is 5.91 Å². The molecule has 0 spiro atoms. The molecular formula is C13H14F3NO2. The molecule has 1 aromatic carbocycles. The Morgan fingerprint density at radius 1 is 1.26 bits per heavy atom. The molecule has 1 amide bonds. The molecule has 6 heteroatoms. The van der Waals surface area contributed by atoms with Gasteiger partial charge < -0.3 is 10.0 Å². The molecule has 1 aliphatic carbocycles. The molecule has 1 N–H and O–H groups in total. The van der Waals surface area contributed by atoms with E-state index in [1.807, 2.05) is 0 Å². The van der Waals surface area contributed by atoms with Gasteiger partial charge in [0.2, 0.25) is 0 Å². The summed E-state index contributed by atoms with van der Waals surface area (Å²) in [6.07, 6.45) is 2.43. The van der Waals surface area contributed by atoms with E-state index in [1.54, 1.807) is 0 Å². The van der Waals surface area contributed by atoms with Gasteiger partial charge in [-0.3, -0.25) is 4.79 Å². The van der Waals surface area contributed by atoms with Gasteiger partial charge in [-0.05, 0) is 19.3 Å². The standard InChI is InChI=1S/C13H14F3NO2/c14-8-6-10(15)12(11(16)7-8)13(19)17(4-5-18)9-2-1-3-9/h6-7,9,18H,1-5H2. The summed E-state index contributed by atoms with van der Waals surface area (Å²) in [7, 11) is 0. The number of aliphatic hydroxyl groups excluding tert-OH is 1. The van der Waals surface area contributed by atoms with Crippen molar-refractivity contribution in [1.82, 2.24) is 4.90 Å². The highest BCUT2D eigenvalue weighted by atomic mass is 19.1. The van der Waals surface area contributed by atoms with Gasteiger partial charge in [0, 0.05) is 24.7 Å². The Hall–Kier alpha value is -1.56. The van der Waals surface area contributed by atoms with E-state index in [-0.39, 0.29) is 19.2 Å². The predicted octanol–water partition coefficient (Wildman–Crippen LogP) is 2.09. The minimum Gasteiger partial charge on any atom is -0.395 e. The molecule has 1 saturated carbocycles. The molecule has 0 atom stereocenters. The van der Waals surface area contributed by atoms with Gasteiger partial charge in [-0.15, -0.1) is 0 Å². The molecule has 0 aliphatic heterocycles. The second kappa shape index (κ2) is 5.61. The molecular weight excluding hydrogens is 259 g/mol. The first-order chi connectivity index (χ1) is 9.04. The van der Waals surface area contributed by atoms with Crippen LogP contribution in [-0.4, -0.2) is 35.1 Å². The summed E-state index contributed by atoms with van der Waals surface area (Å²) < 4.78 is 39.9. The summed E-state index contributed by atoms with van der Waals surface area (Å²) in [6.45, 7) is -0.271. The Morgan fingerprint density at radius 2 is 1.84 bits per heavy atom. The van der Waals surface area contributed by atoms with Gasteiger partial charge >= 0.3 is 0 Å². The fraction of sp³-hybridized carbons (Fsp3) is 0.462. The van der Waals surface area contributed by atoms with E-state index in [1.165, 1.54) is 4.90 Å². The number of hydrogen-bond donors (Lipinski definition) is 1. The number of halogens is 3. The normalized spacial score (nSPS) is 15.2. The first kappa shape index (κ1) is 13.9. The highest BCUT2D eigenvalue weighted by Gasteiger charge is 2.32. The SMILES string of the molecule is O=C(c1c(F)cc(F)cc1F)N(CCO)C1CCC1. The van der Waals surface area contributed by atoms with E-state index in [2.05, 4.69) is 0 Å². The van der Waals surface area contributed by atoms with Crippen LogP contribution in [0.2, 0.25) is 0 Å². The first-order valence-corrected chi connectivity index (χ1v) is 6.11. The van der Waals surface area contributed by atoms with Gasteiger partial charge in [-0.1, -0.05) is 0 Å². The minimum absolute atomic E-state index is 0.0136. The van der Waals surface area contributed by atoms with Crippen molar-refractivity contribution in [2.45, 2.75) is 25.3 Å². The van der Waals surface area contributed by atoms with Crippen LogP contribution < -0.4 is 0 Å². The fourth-order valence-electron chi connectivity index (χ4n) is 2.15. The smallest absolute Gasteiger partial charge is 0.260 e. The van der Waals surface area contributed by atoms with E-state index < -0.39 is 28.9 Å². The molecule has 0 saturated heterocycles. The molecule has 2 rings (SSSR count). The Bertz CT molecular complexity index is 466. The van der Waals surface area contributed by atoms with E-state index in [9.17, 15) is 18.0 Å². The monoisotopic (exact) mass is 273 g/mol. The van der Waals surface area contributed by atoms with E-state index in [0.29, 0.717) is 12.1 Å². The molecule has 0 aromatic heterocycles. The molecule has 1 aliphatic rings. The van der Waals surface area contributed by atoms with Crippen molar-refractivity contribution in [1.29, 1.82) is 0 Å². The zero-order valence-corrected chi connectivity index (χ0v) is 10.2. The number of hydrogen-bond acceptors (Lipinski definition) is 2. The molecule has 19 heavy (non-hydrogen) atoms. The minimum atomic E-state index is -1.22. The third kappa shape index (κ3) is 2.73. The second-order valence-corrected chi connectivity index (χ2v) is 4.55. The first-order valence-electron chi connectivity index (χ1n) is 6.11. The van der Waals surface area contributed by atoms with Crippen molar-refractivity contribution < 1.29 is 23.1 Å². The van der Waals surface area contributed by atoms with Crippen LogP contribution in [0.3, 0.4) is 0 Å². The van der Waals surface area contributed by atoms with Gasteiger partial charge in [0.05, 0.1) is 6.61 Å². The summed E-state index contributed by atoms with van der Waals surface area (Å²) in [5.41, 5.74) is -0.762. The predicted molar refractivity (Wildman–Crippen MR) is 62.1 cm³/mol. The summed E-state index contributed by atoms with van der Waals surface area (Å²) in [4.78, 5) is 13.4. The van der Waals surface area contributed by atoms with Crippen molar-refractivity contribution in [2.75, 3.05) is 13.2 Å². The average Bonchev–Trinajstić information content (AvgIpc) is 2.24. The topological polar surface area (TPSA) is 40.5 Å². The van der Waals surface area contributed by atoms with Gasteiger partial charge in [0.1, 0.15) is 23.0 Å². The van der Waals surface area contributed by atoms with Crippen LogP contribution in [0.5, 0.6) is 0 Å². The highest BCUT2D eigenvalue weighted by molar-refractivity contribution is 5.95. The lowest BCUT2D eigenvalue weighted by atomic mass is 9.91. The summed E-state index contributed by atoms with van der Waals surface area (Å²) in [5, 5.41) is 8.94. The van der Waals surface area contributed by atoms with Crippen molar-refractivity contribution >= 4 is 5.91 Å². The molecule has 0 heterocycles. The second-order valence-electron chi connectivity index (χ2n) is 4.55. The number of benzene rings is 1. The van der Waals surface area contributed by atoms with Crippen molar-refractivity contribution in [3.05, 3.63) is 35.1 Å². The Labute approximate surface area is 108 Å².